The third-order valence-corrected chi connectivity index (χ3v) is 0.417. The van der Waals surface area contributed by atoms with E-state index in [9.17, 15) is 13.2 Å². The Morgan fingerprint density at radius 1 is 1.33 bits per heavy atom. The molecule has 56 valence electrons. The highest BCUT2D eigenvalue weighted by Gasteiger charge is 2.27. The third kappa shape index (κ3) is 7.67. The maximum atomic E-state index is 11.2. The molecular weight excluding hydrogens is 139 g/mol. The van der Waals surface area contributed by atoms with Crippen LogP contribution >= 0.6 is 0 Å². The van der Waals surface area contributed by atoms with Gasteiger partial charge < -0.3 is 4.74 Å². The van der Waals surface area contributed by atoms with Crippen LogP contribution in [0.2, 0.25) is 0 Å². The van der Waals surface area contributed by atoms with Gasteiger partial charge in [0, 0.05) is 0 Å². The van der Waals surface area contributed by atoms with Crippen molar-refractivity contribution < 1.29 is 22.7 Å². The summed E-state index contributed by atoms with van der Waals surface area (Å²) >= 11 is 0. The minimum atomic E-state index is -4.31. The van der Waals surface area contributed by atoms with Crippen molar-refractivity contribution in [3.05, 3.63) is 0 Å². The average molecular weight is 145 g/mol. The number of hydrogen-bond acceptors (Lipinski definition) is 3. The molecule has 0 bridgehead atoms. The summed E-state index contributed by atoms with van der Waals surface area (Å²) in [6.45, 7) is -1.87. The minimum absolute atomic E-state index is 0.542. The van der Waals surface area contributed by atoms with E-state index in [1.54, 1.807) is 0 Å². The fourth-order valence-electron chi connectivity index (χ4n) is 0.206. The van der Waals surface area contributed by atoms with E-state index >= 15 is 0 Å². The van der Waals surface area contributed by atoms with Gasteiger partial charge in [-0.3, -0.25) is 4.84 Å². The molecule has 0 aliphatic heterocycles. The predicted octanol–water partition coefficient (Wildman–Crippen LogP) is 0.413. The molecule has 2 N–H and O–H groups in total. The molecule has 0 aromatic rings. The monoisotopic (exact) mass is 145 g/mol. The second-order valence-corrected chi connectivity index (χ2v) is 1.25. The molecular formula is C3H6F3NO2. The van der Waals surface area contributed by atoms with E-state index < -0.39 is 19.6 Å². The quantitative estimate of drug-likeness (QED) is 0.355. The molecule has 9 heavy (non-hydrogen) atoms. The number of hydrogen-bond donors (Lipinski definition) is 1. The van der Waals surface area contributed by atoms with Crippen LogP contribution in [0.1, 0.15) is 0 Å². The lowest BCUT2D eigenvalue weighted by atomic mass is 10.7. The van der Waals surface area contributed by atoms with Crippen LogP contribution in [0, 0.1) is 0 Å². The Morgan fingerprint density at radius 3 is 2.22 bits per heavy atom. The molecule has 0 aliphatic carbocycles. The predicted molar refractivity (Wildman–Crippen MR) is 22.1 cm³/mol. The highest BCUT2D eigenvalue weighted by atomic mass is 19.4. The second-order valence-electron chi connectivity index (χ2n) is 1.25. The first kappa shape index (κ1) is 8.67. The first-order valence-electron chi connectivity index (χ1n) is 2.02. The van der Waals surface area contributed by atoms with Crippen molar-refractivity contribution in [2.45, 2.75) is 6.18 Å². The van der Waals surface area contributed by atoms with E-state index in [1.165, 1.54) is 0 Å². The van der Waals surface area contributed by atoms with E-state index in [-0.39, 0.29) is 0 Å². The van der Waals surface area contributed by atoms with Gasteiger partial charge in [-0.15, -0.1) is 0 Å². The van der Waals surface area contributed by atoms with Crippen LogP contribution in [-0.2, 0) is 9.57 Å². The summed E-state index contributed by atoms with van der Waals surface area (Å²) in [5, 5.41) is 0. The molecule has 0 fully saturated rings. The Hall–Kier alpha value is -0.330. The fraction of sp³-hybridized carbons (Fsp3) is 1.00. The molecule has 0 atom stereocenters. The van der Waals surface area contributed by atoms with Crippen LogP contribution in [0.5, 0.6) is 0 Å². The maximum absolute atomic E-state index is 11.2. The van der Waals surface area contributed by atoms with Crippen LogP contribution in [0.15, 0.2) is 0 Å². The van der Waals surface area contributed by atoms with Crippen molar-refractivity contribution in [1.29, 1.82) is 0 Å². The Kier molecular flexibility index (Phi) is 3.52. The van der Waals surface area contributed by atoms with Gasteiger partial charge in [0.05, 0.1) is 0 Å². The SMILES string of the molecule is NOCOCC(F)(F)F. The second kappa shape index (κ2) is 3.65. The van der Waals surface area contributed by atoms with Crippen molar-refractivity contribution in [2.75, 3.05) is 13.4 Å². The topological polar surface area (TPSA) is 44.5 Å². The van der Waals surface area contributed by atoms with Gasteiger partial charge in [0.15, 0.2) is 6.79 Å². The van der Waals surface area contributed by atoms with Crippen molar-refractivity contribution in [1.82, 2.24) is 0 Å². The van der Waals surface area contributed by atoms with E-state index in [1.807, 2.05) is 0 Å². The van der Waals surface area contributed by atoms with Gasteiger partial charge in [0.2, 0.25) is 0 Å². The van der Waals surface area contributed by atoms with Gasteiger partial charge in [-0.25, -0.2) is 5.90 Å². The molecule has 3 nitrogen and oxygen atoms in total. The van der Waals surface area contributed by atoms with Crippen LogP contribution in [0.3, 0.4) is 0 Å². The molecule has 0 aromatic heterocycles. The lowest BCUT2D eigenvalue weighted by Crippen LogP contribution is -2.19. The Labute approximate surface area is 49.5 Å². The summed E-state index contributed by atoms with van der Waals surface area (Å²) < 4.78 is 37.3. The van der Waals surface area contributed by atoms with Gasteiger partial charge in [-0.2, -0.15) is 13.2 Å². The van der Waals surface area contributed by atoms with Crippen LogP contribution < -0.4 is 5.90 Å². The molecule has 0 unspecified atom stereocenters. The smallest absolute Gasteiger partial charge is 0.344 e. The molecule has 0 saturated heterocycles. The van der Waals surface area contributed by atoms with Crippen LogP contribution in [0.4, 0.5) is 13.2 Å². The Bertz CT molecular complexity index is 73.9. The highest BCUT2D eigenvalue weighted by molar-refractivity contribution is 4.42. The number of ether oxygens (including phenoxy) is 1. The lowest BCUT2D eigenvalue weighted by molar-refractivity contribution is -0.197. The molecule has 0 spiro atoms. The number of nitrogens with two attached hydrogens (primary N) is 1. The summed E-state index contributed by atoms with van der Waals surface area (Å²) in [5.74, 6) is 4.37. The number of halogens is 3. The van der Waals surface area contributed by atoms with Crippen molar-refractivity contribution in [3.8, 4) is 0 Å². The van der Waals surface area contributed by atoms with Gasteiger partial charge in [-0.05, 0) is 0 Å². The zero-order valence-corrected chi connectivity index (χ0v) is 4.44. The number of rotatable bonds is 3. The number of alkyl halides is 3. The first-order chi connectivity index (χ1) is 4.06. The standard InChI is InChI=1S/C3H6F3NO2/c4-3(5,6)1-8-2-9-7/h1-2,7H2. The van der Waals surface area contributed by atoms with Crippen LogP contribution in [0.25, 0.3) is 0 Å². The molecule has 6 heteroatoms. The zero-order valence-electron chi connectivity index (χ0n) is 4.44. The molecule has 0 amide bonds. The van der Waals surface area contributed by atoms with Crippen molar-refractivity contribution >= 4 is 0 Å². The summed E-state index contributed by atoms with van der Waals surface area (Å²) in [6.07, 6.45) is -4.31. The molecule has 0 heterocycles. The minimum Gasteiger partial charge on any atom is -0.344 e. The summed E-state index contributed by atoms with van der Waals surface area (Å²) in [7, 11) is 0. The van der Waals surface area contributed by atoms with Gasteiger partial charge >= 0.3 is 6.18 Å². The third-order valence-electron chi connectivity index (χ3n) is 0.417. The van der Waals surface area contributed by atoms with E-state index in [0.29, 0.717) is 0 Å². The van der Waals surface area contributed by atoms with Crippen molar-refractivity contribution in [2.24, 2.45) is 5.90 Å². The lowest BCUT2D eigenvalue weighted by Gasteiger charge is -2.04. The van der Waals surface area contributed by atoms with Crippen LogP contribution in [-0.4, -0.2) is 19.6 Å². The van der Waals surface area contributed by atoms with Crippen molar-refractivity contribution in [3.63, 3.8) is 0 Å². The van der Waals surface area contributed by atoms with Gasteiger partial charge in [0.25, 0.3) is 0 Å². The van der Waals surface area contributed by atoms with E-state index in [2.05, 4.69) is 15.5 Å². The Balaban J connectivity index is 3.07. The molecule has 0 radical (unpaired) electrons. The summed E-state index contributed by atoms with van der Waals surface area (Å²) in [6, 6.07) is 0. The molecule has 0 rings (SSSR count). The van der Waals surface area contributed by atoms with E-state index in [4.69, 9.17) is 0 Å². The largest absolute Gasteiger partial charge is 0.411 e. The molecule has 0 saturated carbocycles. The van der Waals surface area contributed by atoms with E-state index in [0.717, 1.165) is 0 Å². The zero-order chi connectivity index (χ0) is 7.33. The Morgan fingerprint density at radius 2 is 1.89 bits per heavy atom. The van der Waals surface area contributed by atoms with Gasteiger partial charge in [-0.1, -0.05) is 0 Å². The molecule has 0 aliphatic rings. The normalized spacial score (nSPS) is 12.0. The fourth-order valence-corrected chi connectivity index (χ4v) is 0.206. The summed E-state index contributed by atoms with van der Waals surface area (Å²) in [5.41, 5.74) is 0. The molecule has 0 aromatic carbocycles. The summed E-state index contributed by atoms with van der Waals surface area (Å²) in [4.78, 5) is 3.72. The maximum Gasteiger partial charge on any atom is 0.411 e. The first-order valence-corrected chi connectivity index (χ1v) is 2.02. The average Bonchev–Trinajstić information content (AvgIpc) is 1.63. The highest BCUT2D eigenvalue weighted by Crippen LogP contribution is 2.13. The van der Waals surface area contributed by atoms with Gasteiger partial charge in [0.1, 0.15) is 6.61 Å².